The number of fused-ring (bicyclic) bond motifs is 1. The fraction of sp³-hybridized carbons (Fsp3) is 0.217. The quantitative estimate of drug-likeness (QED) is 0.683. The standard InChI is InChI=1S/C23H22N6O/c1-4-23(18-8-6-7-15(11-18)13-24)20(21(30)28(3)22(25)27-23)16-9-10-19-17(12-16)14-26-29(19)5-2/h4,6-12,14,20H,1,5H2,2-3H3,(H2,25,27)/t20-,23+/m0/s1. The number of hydrogen-bond donors (Lipinski definition) is 1. The summed E-state index contributed by atoms with van der Waals surface area (Å²) in [6.45, 7) is 6.79. The first-order valence-electron chi connectivity index (χ1n) is 9.67. The third-order valence-corrected chi connectivity index (χ3v) is 5.72. The van der Waals surface area contributed by atoms with Crippen molar-refractivity contribution in [3.8, 4) is 6.07 Å². The van der Waals surface area contributed by atoms with Crippen molar-refractivity contribution in [1.82, 2.24) is 14.7 Å². The molecule has 1 amide bonds. The highest BCUT2D eigenvalue weighted by molar-refractivity contribution is 6.03. The SMILES string of the molecule is C=C[C@]1(c2cccc(C#N)c2)N=C(N)N(C)C(=O)[C@@H]1c1ccc2c(cnn2CC)c1. The summed E-state index contributed by atoms with van der Waals surface area (Å²) in [5.74, 6) is -0.763. The minimum atomic E-state index is -1.13. The van der Waals surface area contributed by atoms with Crippen LogP contribution in [0.4, 0.5) is 0 Å². The van der Waals surface area contributed by atoms with Crippen LogP contribution in [0.1, 0.15) is 29.5 Å². The fourth-order valence-electron chi connectivity index (χ4n) is 4.11. The number of amides is 1. The number of likely N-dealkylation sites (N-methyl/N-ethyl adjacent to an activating group) is 1. The average molecular weight is 398 g/mol. The van der Waals surface area contributed by atoms with Crippen molar-refractivity contribution >= 4 is 22.8 Å². The van der Waals surface area contributed by atoms with E-state index in [4.69, 9.17) is 10.7 Å². The highest BCUT2D eigenvalue weighted by Gasteiger charge is 2.48. The van der Waals surface area contributed by atoms with Crippen molar-refractivity contribution in [2.24, 2.45) is 10.7 Å². The first-order chi connectivity index (χ1) is 14.4. The summed E-state index contributed by atoms with van der Waals surface area (Å²) in [4.78, 5) is 19.5. The van der Waals surface area contributed by atoms with Gasteiger partial charge in [0, 0.05) is 19.0 Å². The number of carbonyl (C=O) groups excluding carboxylic acids is 1. The molecular weight excluding hydrogens is 376 g/mol. The lowest BCUT2D eigenvalue weighted by Gasteiger charge is -2.41. The number of rotatable bonds is 4. The normalized spacial score (nSPS) is 21.4. The van der Waals surface area contributed by atoms with Crippen LogP contribution in [-0.2, 0) is 16.9 Å². The summed E-state index contributed by atoms with van der Waals surface area (Å²) in [5, 5.41) is 14.7. The maximum atomic E-state index is 13.5. The van der Waals surface area contributed by atoms with E-state index in [1.54, 1.807) is 37.5 Å². The molecule has 0 saturated heterocycles. The van der Waals surface area contributed by atoms with Crippen molar-refractivity contribution in [2.75, 3.05) is 7.05 Å². The summed E-state index contributed by atoms with van der Waals surface area (Å²) >= 11 is 0. The number of guanidine groups is 1. The van der Waals surface area contributed by atoms with Crippen LogP contribution in [-0.4, -0.2) is 33.6 Å². The predicted molar refractivity (Wildman–Crippen MR) is 116 cm³/mol. The van der Waals surface area contributed by atoms with Gasteiger partial charge in [0.15, 0.2) is 5.96 Å². The molecule has 0 unspecified atom stereocenters. The summed E-state index contributed by atoms with van der Waals surface area (Å²) in [5.41, 5.74) is 7.93. The summed E-state index contributed by atoms with van der Waals surface area (Å²) < 4.78 is 1.90. The summed E-state index contributed by atoms with van der Waals surface area (Å²) in [6.07, 6.45) is 3.44. The molecular formula is C23H22N6O. The van der Waals surface area contributed by atoms with Crippen LogP contribution in [0.3, 0.4) is 0 Å². The van der Waals surface area contributed by atoms with Gasteiger partial charge < -0.3 is 5.73 Å². The number of aliphatic imine (C=N–C) groups is 1. The molecule has 2 heterocycles. The van der Waals surface area contributed by atoms with Gasteiger partial charge in [-0.3, -0.25) is 14.4 Å². The number of carbonyl (C=O) groups is 1. The summed E-state index contributed by atoms with van der Waals surface area (Å²) in [6, 6.07) is 15.1. The number of aryl methyl sites for hydroxylation is 1. The van der Waals surface area contributed by atoms with Crippen LogP contribution < -0.4 is 5.73 Å². The van der Waals surface area contributed by atoms with Crippen LogP contribution in [0.25, 0.3) is 10.9 Å². The Bertz CT molecular complexity index is 1230. The lowest BCUT2D eigenvalue weighted by atomic mass is 9.72. The number of aromatic nitrogens is 2. The molecule has 2 N–H and O–H groups in total. The third-order valence-electron chi connectivity index (χ3n) is 5.72. The minimum absolute atomic E-state index is 0.110. The van der Waals surface area contributed by atoms with Gasteiger partial charge in [0.25, 0.3) is 0 Å². The second-order valence-electron chi connectivity index (χ2n) is 7.30. The maximum Gasteiger partial charge on any atom is 0.239 e. The Morgan fingerprint density at radius 1 is 1.33 bits per heavy atom. The van der Waals surface area contributed by atoms with E-state index in [0.717, 1.165) is 23.0 Å². The van der Waals surface area contributed by atoms with E-state index in [1.165, 1.54) is 4.90 Å². The Hall–Kier alpha value is -3.92. The highest BCUT2D eigenvalue weighted by atomic mass is 16.2. The van der Waals surface area contributed by atoms with E-state index in [0.29, 0.717) is 11.1 Å². The molecule has 0 bridgehead atoms. The van der Waals surface area contributed by atoms with Gasteiger partial charge in [-0.25, -0.2) is 4.99 Å². The molecule has 1 aromatic heterocycles. The number of nitrogens with zero attached hydrogens (tertiary/aromatic N) is 5. The lowest BCUT2D eigenvalue weighted by Crippen LogP contribution is -2.52. The van der Waals surface area contributed by atoms with Crippen LogP contribution in [0.2, 0.25) is 0 Å². The molecule has 7 nitrogen and oxygen atoms in total. The van der Waals surface area contributed by atoms with Crippen molar-refractivity contribution in [3.05, 3.63) is 78.0 Å². The minimum Gasteiger partial charge on any atom is -0.369 e. The first kappa shape index (κ1) is 19.4. The Kier molecular flexibility index (Phi) is 4.63. The Morgan fingerprint density at radius 3 is 2.83 bits per heavy atom. The van der Waals surface area contributed by atoms with Crippen molar-refractivity contribution in [1.29, 1.82) is 5.26 Å². The van der Waals surface area contributed by atoms with Crippen LogP contribution in [0, 0.1) is 11.3 Å². The number of benzene rings is 2. The van der Waals surface area contributed by atoms with Crippen molar-refractivity contribution in [2.45, 2.75) is 24.9 Å². The van der Waals surface area contributed by atoms with Crippen LogP contribution in [0.5, 0.6) is 0 Å². The molecule has 150 valence electrons. The van der Waals surface area contributed by atoms with Crippen molar-refractivity contribution in [3.63, 3.8) is 0 Å². The molecule has 1 aliphatic rings. The van der Waals surface area contributed by atoms with Crippen molar-refractivity contribution < 1.29 is 4.79 Å². The Labute approximate surface area is 174 Å². The van der Waals surface area contributed by atoms with E-state index in [-0.39, 0.29) is 11.9 Å². The van der Waals surface area contributed by atoms with Crippen LogP contribution >= 0.6 is 0 Å². The maximum absolute atomic E-state index is 13.5. The summed E-state index contributed by atoms with van der Waals surface area (Å²) in [7, 11) is 1.61. The zero-order chi connectivity index (χ0) is 21.5. The van der Waals surface area contributed by atoms with E-state index in [2.05, 4.69) is 17.7 Å². The number of hydrogen-bond acceptors (Lipinski definition) is 5. The van der Waals surface area contributed by atoms with Crippen LogP contribution in [0.15, 0.2) is 66.3 Å². The molecule has 0 radical (unpaired) electrons. The number of nitriles is 1. The van der Waals surface area contributed by atoms with Gasteiger partial charge in [0.1, 0.15) is 5.54 Å². The van der Waals surface area contributed by atoms with Gasteiger partial charge in [0.2, 0.25) is 5.91 Å². The van der Waals surface area contributed by atoms with Gasteiger partial charge in [-0.2, -0.15) is 10.4 Å². The van der Waals surface area contributed by atoms with E-state index in [9.17, 15) is 10.1 Å². The number of nitrogens with two attached hydrogens (primary N) is 1. The van der Waals surface area contributed by atoms with Gasteiger partial charge >= 0.3 is 0 Å². The molecule has 0 spiro atoms. The predicted octanol–water partition coefficient (Wildman–Crippen LogP) is 2.88. The zero-order valence-corrected chi connectivity index (χ0v) is 16.9. The molecule has 1 aliphatic heterocycles. The topological polar surface area (TPSA) is 100 Å². The smallest absolute Gasteiger partial charge is 0.239 e. The molecule has 0 fully saturated rings. The first-order valence-corrected chi connectivity index (χ1v) is 9.67. The van der Waals surface area contributed by atoms with E-state index >= 15 is 0 Å². The second kappa shape index (κ2) is 7.16. The van der Waals surface area contributed by atoms with E-state index < -0.39 is 11.5 Å². The molecule has 2 aromatic carbocycles. The van der Waals surface area contributed by atoms with Gasteiger partial charge in [0.05, 0.1) is 29.3 Å². The molecule has 0 aliphatic carbocycles. The van der Waals surface area contributed by atoms with Gasteiger partial charge in [-0.1, -0.05) is 24.3 Å². The molecule has 7 heteroatoms. The monoisotopic (exact) mass is 398 g/mol. The highest BCUT2D eigenvalue weighted by Crippen LogP contribution is 2.45. The van der Waals surface area contributed by atoms with Gasteiger partial charge in [-0.05, 0) is 42.3 Å². The molecule has 2 atom stereocenters. The Morgan fingerprint density at radius 2 is 2.13 bits per heavy atom. The molecule has 0 saturated carbocycles. The largest absolute Gasteiger partial charge is 0.369 e. The third kappa shape index (κ3) is 2.77. The lowest BCUT2D eigenvalue weighted by molar-refractivity contribution is -0.130. The van der Waals surface area contributed by atoms with Gasteiger partial charge in [-0.15, -0.1) is 6.58 Å². The molecule has 3 aromatic rings. The molecule has 30 heavy (non-hydrogen) atoms. The fourth-order valence-corrected chi connectivity index (χ4v) is 4.11. The van der Waals surface area contributed by atoms with E-state index in [1.807, 2.05) is 35.9 Å². The second-order valence-corrected chi connectivity index (χ2v) is 7.30. The average Bonchev–Trinajstić information content (AvgIpc) is 3.19. The molecule has 4 rings (SSSR count). The zero-order valence-electron chi connectivity index (χ0n) is 16.9. The Balaban J connectivity index is 1.97.